The van der Waals surface area contributed by atoms with Gasteiger partial charge < -0.3 is 10.6 Å². The van der Waals surface area contributed by atoms with Gasteiger partial charge in [0.25, 0.3) is 5.91 Å². The number of carbonyl (C=O) groups is 3. The number of urea groups is 1. The van der Waals surface area contributed by atoms with Crippen LogP contribution in [-0.4, -0.2) is 29.3 Å². The fourth-order valence-corrected chi connectivity index (χ4v) is 3.75. The smallest absolute Gasteiger partial charge is 0.325 e. The lowest BCUT2D eigenvalue weighted by atomic mass is 9.87. The summed E-state index contributed by atoms with van der Waals surface area (Å²) in [5.74, 6) is -1.36. The zero-order valence-electron chi connectivity index (χ0n) is 17.4. The average molecular weight is 411 g/mol. The van der Waals surface area contributed by atoms with Crippen molar-refractivity contribution < 1.29 is 18.8 Å². The number of amides is 4. The second kappa shape index (κ2) is 8.65. The first-order valence-electron chi connectivity index (χ1n) is 10.1. The maximum absolute atomic E-state index is 13.3. The van der Waals surface area contributed by atoms with Gasteiger partial charge in [-0.05, 0) is 43.0 Å². The summed E-state index contributed by atoms with van der Waals surface area (Å²) >= 11 is 0. The van der Waals surface area contributed by atoms with Gasteiger partial charge in [-0.2, -0.15) is 0 Å². The first-order chi connectivity index (χ1) is 14.3. The third kappa shape index (κ3) is 4.06. The Balaban J connectivity index is 1.75. The molecule has 1 fully saturated rings. The van der Waals surface area contributed by atoms with Gasteiger partial charge in [-0.15, -0.1) is 0 Å². The third-order valence-corrected chi connectivity index (χ3v) is 5.57. The van der Waals surface area contributed by atoms with Gasteiger partial charge in [-0.25, -0.2) is 9.18 Å². The van der Waals surface area contributed by atoms with E-state index in [1.54, 1.807) is 6.92 Å². The summed E-state index contributed by atoms with van der Waals surface area (Å²) in [6, 6.07) is 12.4. The first kappa shape index (κ1) is 21.5. The van der Waals surface area contributed by atoms with Crippen LogP contribution in [-0.2, 0) is 15.1 Å². The number of hydrogen-bond donors (Lipinski definition) is 2. The summed E-state index contributed by atoms with van der Waals surface area (Å²) in [4.78, 5) is 39.2. The molecule has 2 N–H and O–H groups in total. The highest BCUT2D eigenvalue weighted by Crippen LogP contribution is 2.32. The van der Waals surface area contributed by atoms with Gasteiger partial charge in [0, 0.05) is 0 Å². The molecule has 2 atom stereocenters. The van der Waals surface area contributed by atoms with Gasteiger partial charge in [0.05, 0.1) is 6.04 Å². The molecule has 3 rings (SSSR count). The lowest BCUT2D eigenvalue weighted by molar-refractivity contribution is -0.135. The monoisotopic (exact) mass is 411 g/mol. The molecule has 0 aromatic heterocycles. The Morgan fingerprint density at radius 3 is 2.30 bits per heavy atom. The van der Waals surface area contributed by atoms with Crippen LogP contribution in [0.5, 0.6) is 0 Å². The highest BCUT2D eigenvalue weighted by Gasteiger charge is 2.51. The summed E-state index contributed by atoms with van der Waals surface area (Å²) in [5.41, 5.74) is 1.27. The summed E-state index contributed by atoms with van der Waals surface area (Å²) < 4.78 is 13.3. The maximum atomic E-state index is 13.3. The number of nitrogens with zero attached hydrogens (tertiary/aromatic N) is 1. The second-order valence-electron chi connectivity index (χ2n) is 7.53. The summed E-state index contributed by atoms with van der Waals surface area (Å²) in [6.45, 7) is 5.32. The van der Waals surface area contributed by atoms with Crippen molar-refractivity contribution in [2.45, 2.75) is 45.2 Å². The molecule has 0 spiro atoms. The van der Waals surface area contributed by atoms with Crippen LogP contribution in [0.4, 0.5) is 9.18 Å². The van der Waals surface area contributed by atoms with Crippen LogP contribution >= 0.6 is 0 Å². The Morgan fingerprint density at radius 1 is 1.10 bits per heavy atom. The molecular weight excluding hydrogens is 385 g/mol. The van der Waals surface area contributed by atoms with Gasteiger partial charge in [0.2, 0.25) is 5.91 Å². The molecule has 1 aliphatic rings. The lowest BCUT2D eigenvalue weighted by Crippen LogP contribution is -2.45. The standard InChI is InChI=1S/C23H26FN3O3/c1-4-19(16-8-6-15(3)7-9-16)25-20(28)14-27-21(29)23(5-2,26-22(27)30)17-10-12-18(24)13-11-17/h6-13,19H,4-5,14H2,1-3H3,(H,25,28)(H,26,30). The Kier molecular flexibility index (Phi) is 6.20. The minimum absolute atomic E-state index is 0.216. The molecule has 6 nitrogen and oxygen atoms in total. The van der Waals surface area contributed by atoms with E-state index in [0.29, 0.717) is 12.0 Å². The molecular formula is C23H26FN3O3. The van der Waals surface area contributed by atoms with E-state index in [4.69, 9.17) is 0 Å². The van der Waals surface area contributed by atoms with Gasteiger partial charge in [0.1, 0.15) is 17.9 Å². The molecule has 0 aliphatic carbocycles. The molecule has 158 valence electrons. The van der Waals surface area contributed by atoms with Crippen LogP contribution in [0.25, 0.3) is 0 Å². The highest BCUT2D eigenvalue weighted by molar-refractivity contribution is 6.09. The Bertz CT molecular complexity index is 943. The van der Waals surface area contributed by atoms with Crippen molar-refractivity contribution in [3.05, 3.63) is 71.0 Å². The van der Waals surface area contributed by atoms with E-state index in [0.717, 1.165) is 16.0 Å². The van der Waals surface area contributed by atoms with E-state index in [1.807, 2.05) is 38.1 Å². The van der Waals surface area contributed by atoms with E-state index >= 15 is 0 Å². The minimum atomic E-state index is -1.30. The maximum Gasteiger partial charge on any atom is 0.325 e. The van der Waals surface area contributed by atoms with Crippen molar-refractivity contribution in [3.63, 3.8) is 0 Å². The molecule has 0 radical (unpaired) electrons. The van der Waals surface area contributed by atoms with Crippen molar-refractivity contribution in [1.82, 2.24) is 15.5 Å². The number of benzene rings is 2. The van der Waals surface area contributed by atoms with Crippen molar-refractivity contribution in [2.75, 3.05) is 6.54 Å². The quantitative estimate of drug-likeness (QED) is 0.684. The van der Waals surface area contributed by atoms with E-state index in [2.05, 4.69) is 10.6 Å². The molecule has 0 bridgehead atoms. The van der Waals surface area contributed by atoms with E-state index in [1.165, 1.54) is 24.3 Å². The molecule has 1 heterocycles. The second-order valence-corrected chi connectivity index (χ2v) is 7.53. The molecule has 0 saturated carbocycles. The summed E-state index contributed by atoms with van der Waals surface area (Å²) in [7, 11) is 0. The predicted molar refractivity (Wildman–Crippen MR) is 111 cm³/mol. The molecule has 1 saturated heterocycles. The number of nitrogens with one attached hydrogen (secondary N) is 2. The number of carbonyl (C=O) groups excluding carboxylic acids is 3. The largest absolute Gasteiger partial charge is 0.348 e. The number of rotatable bonds is 7. The minimum Gasteiger partial charge on any atom is -0.348 e. The van der Waals surface area contributed by atoms with E-state index in [-0.39, 0.29) is 19.0 Å². The number of halogens is 1. The van der Waals surface area contributed by atoms with Crippen molar-refractivity contribution in [1.29, 1.82) is 0 Å². The van der Waals surface area contributed by atoms with Gasteiger partial charge in [-0.3, -0.25) is 14.5 Å². The van der Waals surface area contributed by atoms with Crippen molar-refractivity contribution in [3.8, 4) is 0 Å². The molecule has 4 amide bonds. The summed E-state index contributed by atoms with van der Waals surface area (Å²) in [5, 5.41) is 5.60. The van der Waals surface area contributed by atoms with Crippen LogP contribution in [0.15, 0.2) is 48.5 Å². The number of aryl methyl sites for hydroxylation is 1. The van der Waals surface area contributed by atoms with Crippen molar-refractivity contribution >= 4 is 17.8 Å². The lowest BCUT2D eigenvalue weighted by Gasteiger charge is -2.26. The van der Waals surface area contributed by atoms with Crippen LogP contribution < -0.4 is 10.6 Å². The summed E-state index contributed by atoms with van der Waals surface area (Å²) in [6.07, 6.45) is 0.950. The molecule has 7 heteroatoms. The fraction of sp³-hybridized carbons (Fsp3) is 0.348. The molecule has 2 aromatic rings. The molecule has 30 heavy (non-hydrogen) atoms. The van der Waals surface area contributed by atoms with Gasteiger partial charge in [-0.1, -0.05) is 55.8 Å². The predicted octanol–water partition coefficient (Wildman–Crippen LogP) is 3.56. The zero-order valence-corrected chi connectivity index (χ0v) is 17.4. The molecule has 1 aliphatic heterocycles. The fourth-order valence-electron chi connectivity index (χ4n) is 3.75. The Hall–Kier alpha value is -3.22. The van der Waals surface area contributed by atoms with Crippen LogP contribution in [0.3, 0.4) is 0 Å². The van der Waals surface area contributed by atoms with E-state index in [9.17, 15) is 18.8 Å². The molecule has 2 aromatic carbocycles. The average Bonchev–Trinajstić information content (AvgIpc) is 2.98. The van der Waals surface area contributed by atoms with E-state index < -0.39 is 29.2 Å². The van der Waals surface area contributed by atoms with Crippen LogP contribution in [0, 0.1) is 12.7 Å². The first-order valence-corrected chi connectivity index (χ1v) is 10.1. The normalized spacial score (nSPS) is 19.5. The third-order valence-electron chi connectivity index (χ3n) is 5.57. The topological polar surface area (TPSA) is 78.5 Å². The van der Waals surface area contributed by atoms with Crippen LogP contribution in [0.1, 0.15) is 49.4 Å². The SMILES string of the molecule is CCC(NC(=O)CN1C(=O)NC(CC)(c2ccc(F)cc2)C1=O)c1ccc(C)cc1. The highest BCUT2D eigenvalue weighted by atomic mass is 19.1. The molecule has 2 unspecified atom stereocenters. The zero-order chi connectivity index (χ0) is 21.9. The Labute approximate surface area is 175 Å². The van der Waals surface area contributed by atoms with Gasteiger partial charge >= 0.3 is 6.03 Å². The number of imide groups is 1. The van der Waals surface area contributed by atoms with Gasteiger partial charge in [0.15, 0.2) is 0 Å². The van der Waals surface area contributed by atoms with Crippen LogP contribution in [0.2, 0.25) is 0 Å². The van der Waals surface area contributed by atoms with Crippen molar-refractivity contribution in [2.24, 2.45) is 0 Å². The Morgan fingerprint density at radius 2 is 1.73 bits per heavy atom. The number of hydrogen-bond acceptors (Lipinski definition) is 3.